The van der Waals surface area contributed by atoms with Crippen LogP contribution in [0.1, 0.15) is 25.7 Å². The first-order valence-electron chi connectivity index (χ1n) is 8.67. The maximum Gasteiger partial charge on any atom is 0.269 e. The van der Waals surface area contributed by atoms with E-state index in [0.717, 1.165) is 19.4 Å². The summed E-state index contributed by atoms with van der Waals surface area (Å²) in [4.78, 5) is 17.8. The first-order chi connectivity index (χ1) is 12.5. The number of carbonyl (C=O) groups is 1. The number of thiophene rings is 1. The molecule has 4 heterocycles. The maximum absolute atomic E-state index is 12.7. The highest BCUT2D eigenvalue weighted by atomic mass is 32.2. The zero-order chi connectivity index (χ0) is 18.2. The Hall–Kier alpha value is -1.49. The lowest BCUT2D eigenvalue weighted by molar-refractivity contribution is -0.115. The molecule has 1 aromatic rings. The van der Waals surface area contributed by atoms with E-state index in [1.54, 1.807) is 17.5 Å². The summed E-state index contributed by atoms with van der Waals surface area (Å²) in [7, 11) is -3.51. The Bertz CT molecular complexity index is 802. The molecule has 2 atom stereocenters. The van der Waals surface area contributed by atoms with Crippen molar-refractivity contribution in [1.82, 2.24) is 9.62 Å². The minimum absolute atomic E-state index is 0.0637. The van der Waals surface area contributed by atoms with Gasteiger partial charge in [-0.15, -0.1) is 11.3 Å². The Balaban J connectivity index is 1.35. The van der Waals surface area contributed by atoms with Crippen LogP contribution in [0.15, 0.2) is 26.9 Å². The van der Waals surface area contributed by atoms with Crippen LogP contribution in [0.4, 0.5) is 0 Å². The number of oxime groups is 1. The van der Waals surface area contributed by atoms with E-state index in [4.69, 9.17) is 9.57 Å². The van der Waals surface area contributed by atoms with E-state index >= 15 is 0 Å². The molecule has 2 fully saturated rings. The number of ether oxygens (including phenoxy) is 1. The van der Waals surface area contributed by atoms with Gasteiger partial charge in [0.1, 0.15) is 9.92 Å². The molecule has 0 unspecified atom stereocenters. The summed E-state index contributed by atoms with van der Waals surface area (Å²) in [5.41, 5.74) is -0.417. The summed E-state index contributed by atoms with van der Waals surface area (Å²) in [5.74, 6) is -0.267. The molecular weight excluding hydrogens is 378 g/mol. The number of nitrogens with one attached hydrogen (secondary N) is 1. The summed E-state index contributed by atoms with van der Waals surface area (Å²) < 4.78 is 32.5. The number of hydrogen-bond acceptors (Lipinski definition) is 7. The van der Waals surface area contributed by atoms with E-state index in [1.165, 1.54) is 15.6 Å². The predicted molar refractivity (Wildman–Crippen MR) is 95.5 cm³/mol. The fourth-order valence-corrected chi connectivity index (χ4v) is 6.19. The number of amides is 1. The van der Waals surface area contributed by atoms with Gasteiger partial charge in [-0.1, -0.05) is 11.2 Å². The summed E-state index contributed by atoms with van der Waals surface area (Å²) in [6.45, 7) is 1.77. The third-order valence-electron chi connectivity index (χ3n) is 4.99. The van der Waals surface area contributed by atoms with Gasteiger partial charge < -0.3 is 14.9 Å². The second-order valence-electron chi connectivity index (χ2n) is 6.85. The van der Waals surface area contributed by atoms with Crippen molar-refractivity contribution < 1.29 is 22.8 Å². The Morgan fingerprint density at radius 3 is 3.12 bits per heavy atom. The van der Waals surface area contributed by atoms with Crippen molar-refractivity contribution in [2.45, 2.75) is 41.6 Å². The van der Waals surface area contributed by atoms with Crippen LogP contribution in [0.5, 0.6) is 0 Å². The standard InChI is InChI=1S/C16H21N3O5S2/c20-15(17-10-12-3-1-7-23-12)13-9-16(24-18-13)5-6-19(11-16)26(21,22)14-4-2-8-25-14/h2,4,8,12H,1,3,5-7,9-11H2,(H,17,20)/t12-,16-/m1/s1. The highest BCUT2D eigenvalue weighted by Gasteiger charge is 2.50. The van der Waals surface area contributed by atoms with Crippen molar-refractivity contribution in [3.05, 3.63) is 17.5 Å². The second-order valence-corrected chi connectivity index (χ2v) is 9.97. The third kappa shape index (κ3) is 3.38. The molecule has 1 aromatic heterocycles. The number of rotatable bonds is 5. The average molecular weight is 399 g/mol. The molecule has 142 valence electrons. The zero-order valence-corrected chi connectivity index (χ0v) is 15.9. The first-order valence-corrected chi connectivity index (χ1v) is 11.0. The van der Waals surface area contributed by atoms with Crippen LogP contribution in [0.2, 0.25) is 0 Å². The van der Waals surface area contributed by atoms with Gasteiger partial charge in [0, 0.05) is 32.5 Å². The minimum atomic E-state index is -3.51. The molecule has 26 heavy (non-hydrogen) atoms. The van der Waals surface area contributed by atoms with E-state index in [2.05, 4.69) is 10.5 Å². The molecule has 4 rings (SSSR count). The maximum atomic E-state index is 12.7. The van der Waals surface area contributed by atoms with Gasteiger partial charge in [-0.2, -0.15) is 4.31 Å². The largest absolute Gasteiger partial charge is 0.387 e. The Labute approximate surface area is 156 Å². The minimum Gasteiger partial charge on any atom is -0.387 e. The molecule has 10 heteroatoms. The molecule has 3 aliphatic heterocycles. The van der Waals surface area contributed by atoms with Gasteiger partial charge >= 0.3 is 0 Å². The smallest absolute Gasteiger partial charge is 0.269 e. The summed E-state index contributed by atoms with van der Waals surface area (Å²) in [6, 6.07) is 3.32. The Morgan fingerprint density at radius 2 is 2.38 bits per heavy atom. The molecule has 0 radical (unpaired) electrons. The highest BCUT2D eigenvalue weighted by Crippen LogP contribution is 2.37. The van der Waals surface area contributed by atoms with E-state index in [9.17, 15) is 13.2 Å². The SMILES string of the molecule is O=C(NC[C@H]1CCCO1)C1=NO[C@]2(CCN(S(=O)(=O)c3cccs3)C2)C1. The van der Waals surface area contributed by atoms with Crippen LogP contribution >= 0.6 is 11.3 Å². The van der Waals surface area contributed by atoms with Gasteiger partial charge in [-0.25, -0.2) is 8.42 Å². The lowest BCUT2D eigenvalue weighted by Crippen LogP contribution is -2.40. The molecule has 0 saturated carbocycles. The van der Waals surface area contributed by atoms with Gasteiger partial charge in [-0.3, -0.25) is 4.79 Å². The van der Waals surface area contributed by atoms with Gasteiger partial charge in [0.25, 0.3) is 15.9 Å². The van der Waals surface area contributed by atoms with E-state index in [1.807, 2.05) is 0 Å². The van der Waals surface area contributed by atoms with E-state index in [-0.39, 0.29) is 18.6 Å². The van der Waals surface area contributed by atoms with Crippen molar-refractivity contribution in [2.24, 2.45) is 5.16 Å². The molecule has 0 bridgehead atoms. The van der Waals surface area contributed by atoms with E-state index in [0.29, 0.717) is 35.9 Å². The molecule has 1 N–H and O–H groups in total. The Morgan fingerprint density at radius 1 is 1.50 bits per heavy atom. The molecular formula is C16H21N3O5S2. The van der Waals surface area contributed by atoms with Crippen molar-refractivity contribution in [3.8, 4) is 0 Å². The van der Waals surface area contributed by atoms with Gasteiger partial charge in [-0.05, 0) is 24.3 Å². The van der Waals surface area contributed by atoms with Gasteiger partial charge in [0.15, 0.2) is 5.60 Å². The summed E-state index contributed by atoms with van der Waals surface area (Å²) >= 11 is 1.20. The van der Waals surface area contributed by atoms with Crippen LogP contribution in [-0.4, -0.2) is 62.3 Å². The third-order valence-corrected chi connectivity index (χ3v) is 8.20. The van der Waals surface area contributed by atoms with Crippen LogP contribution in [0.3, 0.4) is 0 Å². The first kappa shape index (κ1) is 17.9. The topological polar surface area (TPSA) is 97.3 Å². The quantitative estimate of drug-likeness (QED) is 0.795. The molecule has 0 aromatic carbocycles. The molecule has 1 amide bonds. The van der Waals surface area contributed by atoms with Crippen molar-refractivity contribution in [1.29, 1.82) is 0 Å². The fourth-order valence-electron chi connectivity index (χ4n) is 3.53. The monoisotopic (exact) mass is 399 g/mol. The number of nitrogens with zero attached hydrogens (tertiary/aromatic N) is 2. The zero-order valence-electron chi connectivity index (χ0n) is 14.2. The van der Waals surface area contributed by atoms with Crippen LogP contribution in [0, 0.1) is 0 Å². The summed E-state index contributed by atoms with van der Waals surface area (Å²) in [6.07, 6.45) is 2.86. The van der Waals surface area contributed by atoms with Crippen molar-refractivity contribution >= 4 is 33.0 Å². The summed E-state index contributed by atoms with van der Waals surface area (Å²) in [5, 5.41) is 8.51. The Kier molecular flexibility index (Phi) is 4.76. The molecule has 2 saturated heterocycles. The van der Waals surface area contributed by atoms with Crippen molar-refractivity contribution in [2.75, 3.05) is 26.2 Å². The molecule has 3 aliphatic rings. The molecule has 8 nitrogen and oxygen atoms in total. The van der Waals surface area contributed by atoms with Gasteiger partial charge in [0.05, 0.1) is 12.6 Å². The van der Waals surface area contributed by atoms with Crippen LogP contribution < -0.4 is 5.32 Å². The second kappa shape index (κ2) is 6.91. The number of hydrogen-bond donors (Lipinski definition) is 1. The van der Waals surface area contributed by atoms with Crippen LogP contribution in [-0.2, 0) is 24.4 Å². The normalized spacial score (nSPS) is 29.1. The lowest BCUT2D eigenvalue weighted by Gasteiger charge is -2.21. The molecule has 0 aliphatic carbocycles. The predicted octanol–water partition coefficient (Wildman–Crippen LogP) is 0.953. The average Bonchev–Trinajstić information content (AvgIpc) is 3.41. The van der Waals surface area contributed by atoms with Gasteiger partial charge in [0.2, 0.25) is 0 Å². The lowest BCUT2D eigenvalue weighted by atomic mass is 9.96. The fraction of sp³-hybridized carbons (Fsp3) is 0.625. The van der Waals surface area contributed by atoms with Crippen LogP contribution in [0.25, 0.3) is 0 Å². The van der Waals surface area contributed by atoms with Crippen molar-refractivity contribution in [3.63, 3.8) is 0 Å². The van der Waals surface area contributed by atoms with E-state index < -0.39 is 15.6 Å². The molecule has 1 spiro atoms. The number of carbonyl (C=O) groups excluding carboxylic acids is 1. The number of sulfonamides is 1. The highest BCUT2D eigenvalue weighted by molar-refractivity contribution is 7.91.